The molecule has 2 heteroatoms. The maximum absolute atomic E-state index is 3.53. The number of rotatable bonds is 4. The highest BCUT2D eigenvalue weighted by atomic mass is 15.2. The van der Waals surface area contributed by atoms with E-state index in [2.05, 4.69) is 71.9 Å². The van der Waals surface area contributed by atoms with Crippen molar-refractivity contribution >= 4 is 0 Å². The number of benzene rings is 2. The maximum Gasteiger partial charge on any atom is 0.0473 e. The van der Waals surface area contributed by atoms with E-state index in [0.717, 1.165) is 26.1 Å². The zero-order valence-corrected chi connectivity index (χ0v) is 12.0. The fraction of sp³-hybridized carbons (Fsp3) is 0.333. The number of likely N-dealkylation sites (N-methyl/N-ethyl adjacent to an activating group) is 1. The first kappa shape index (κ1) is 13.3. The molecule has 1 unspecified atom stereocenters. The summed E-state index contributed by atoms with van der Waals surface area (Å²) >= 11 is 0. The van der Waals surface area contributed by atoms with Crippen LogP contribution in [0.4, 0.5) is 0 Å². The summed E-state index contributed by atoms with van der Waals surface area (Å²) in [5.74, 6) is 0. The van der Waals surface area contributed by atoms with E-state index >= 15 is 0 Å². The van der Waals surface area contributed by atoms with Gasteiger partial charge in [-0.15, -0.1) is 0 Å². The predicted molar refractivity (Wildman–Crippen MR) is 83.7 cm³/mol. The van der Waals surface area contributed by atoms with Crippen molar-refractivity contribution in [3.05, 3.63) is 71.3 Å². The molecule has 0 spiro atoms. The lowest BCUT2D eigenvalue weighted by Crippen LogP contribution is -2.38. The predicted octanol–water partition coefficient (Wildman–Crippen LogP) is 3.01. The number of nitrogens with zero attached hydrogens (tertiary/aromatic N) is 1. The summed E-state index contributed by atoms with van der Waals surface area (Å²) in [5, 5.41) is 3.53. The molecule has 20 heavy (non-hydrogen) atoms. The van der Waals surface area contributed by atoms with Crippen molar-refractivity contribution < 1.29 is 0 Å². The average molecular weight is 266 g/mol. The molecule has 0 saturated carbocycles. The highest BCUT2D eigenvalue weighted by Gasteiger charge is 2.22. The van der Waals surface area contributed by atoms with Crippen molar-refractivity contribution in [3.8, 4) is 0 Å². The molecular formula is C18H22N2. The minimum absolute atomic E-state index is 0.490. The van der Waals surface area contributed by atoms with E-state index in [0.29, 0.717) is 6.04 Å². The van der Waals surface area contributed by atoms with Crippen LogP contribution >= 0.6 is 0 Å². The van der Waals surface area contributed by atoms with Gasteiger partial charge >= 0.3 is 0 Å². The van der Waals surface area contributed by atoms with E-state index in [4.69, 9.17) is 0 Å². The van der Waals surface area contributed by atoms with E-state index in [1.807, 2.05) is 0 Å². The average Bonchev–Trinajstić information content (AvgIpc) is 2.53. The van der Waals surface area contributed by atoms with Gasteiger partial charge in [-0.2, -0.15) is 0 Å². The molecule has 1 aliphatic heterocycles. The minimum atomic E-state index is 0.490. The first-order valence-corrected chi connectivity index (χ1v) is 7.37. The molecule has 1 aliphatic rings. The smallest absolute Gasteiger partial charge is 0.0473 e. The molecule has 0 aliphatic carbocycles. The second-order valence-electron chi connectivity index (χ2n) is 5.56. The monoisotopic (exact) mass is 266 g/mol. The summed E-state index contributed by atoms with van der Waals surface area (Å²) in [6.45, 7) is 3.13. The summed E-state index contributed by atoms with van der Waals surface area (Å²) in [4.78, 5) is 2.47. The van der Waals surface area contributed by atoms with Gasteiger partial charge in [-0.1, -0.05) is 54.6 Å². The Morgan fingerprint density at radius 1 is 1.05 bits per heavy atom. The Bertz CT molecular complexity index is 550. The molecule has 3 rings (SSSR count). The van der Waals surface area contributed by atoms with E-state index in [1.165, 1.54) is 16.7 Å². The number of fused-ring (bicyclic) bond motifs is 1. The Labute approximate surface area is 121 Å². The van der Waals surface area contributed by atoms with E-state index < -0.39 is 0 Å². The van der Waals surface area contributed by atoms with Crippen LogP contribution in [0.1, 0.15) is 22.7 Å². The van der Waals surface area contributed by atoms with Crippen molar-refractivity contribution in [1.82, 2.24) is 10.2 Å². The molecule has 0 bridgehead atoms. The van der Waals surface area contributed by atoms with Gasteiger partial charge in [-0.3, -0.25) is 4.90 Å². The van der Waals surface area contributed by atoms with Crippen LogP contribution in [0.2, 0.25) is 0 Å². The molecule has 2 nitrogen and oxygen atoms in total. The minimum Gasteiger partial charge on any atom is -0.311 e. The Hall–Kier alpha value is -1.64. The molecule has 0 aromatic heterocycles. The fourth-order valence-corrected chi connectivity index (χ4v) is 2.97. The van der Waals surface area contributed by atoms with Gasteiger partial charge in [0.1, 0.15) is 0 Å². The van der Waals surface area contributed by atoms with Crippen molar-refractivity contribution in [2.75, 3.05) is 20.1 Å². The SMILES string of the molecule is CN(CCc1ccccc1)C1CNCc2ccccc21. The van der Waals surface area contributed by atoms with E-state index in [-0.39, 0.29) is 0 Å². The zero-order valence-electron chi connectivity index (χ0n) is 12.0. The van der Waals surface area contributed by atoms with Crippen LogP contribution in [-0.2, 0) is 13.0 Å². The van der Waals surface area contributed by atoms with Gasteiger partial charge in [0.25, 0.3) is 0 Å². The largest absolute Gasteiger partial charge is 0.311 e. The Kier molecular flexibility index (Phi) is 4.14. The zero-order chi connectivity index (χ0) is 13.8. The summed E-state index contributed by atoms with van der Waals surface area (Å²) < 4.78 is 0. The van der Waals surface area contributed by atoms with E-state index in [1.54, 1.807) is 0 Å². The highest BCUT2D eigenvalue weighted by molar-refractivity contribution is 5.32. The Morgan fingerprint density at radius 3 is 2.65 bits per heavy atom. The lowest BCUT2D eigenvalue weighted by molar-refractivity contribution is 0.231. The van der Waals surface area contributed by atoms with Crippen molar-refractivity contribution in [3.63, 3.8) is 0 Å². The van der Waals surface area contributed by atoms with Crippen LogP contribution in [0, 0.1) is 0 Å². The van der Waals surface area contributed by atoms with Crippen LogP contribution in [0.15, 0.2) is 54.6 Å². The standard InChI is InChI=1S/C18H22N2/c1-20(12-11-15-7-3-2-4-8-15)18-14-19-13-16-9-5-6-10-17(16)18/h2-10,18-19H,11-14H2,1H3. The summed E-state index contributed by atoms with van der Waals surface area (Å²) in [6, 6.07) is 20.0. The van der Waals surface area contributed by atoms with Crippen LogP contribution in [0.3, 0.4) is 0 Å². The van der Waals surface area contributed by atoms with Gasteiger partial charge in [0.15, 0.2) is 0 Å². The Morgan fingerprint density at radius 2 is 1.80 bits per heavy atom. The van der Waals surface area contributed by atoms with Gasteiger partial charge in [-0.25, -0.2) is 0 Å². The molecule has 1 N–H and O–H groups in total. The molecule has 0 saturated heterocycles. The number of nitrogens with one attached hydrogen (secondary N) is 1. The summed E-state index contributed by atoms with van der Waals surface area (Å²) in [6.07, 6.45) is 1.11. The third-order valence-electron chi connectivity index (χ3n) is 4.20. The first-order chi connectivity index (χ1) is 9.84. The molecule has 2 aromatic rings. The molecular weight excluding hydrogens is 244 g/mol. The second kappa shape index (κ2) is 6.21. The molecule has 1 heterocycles. The molecule has 0 radical (unpaired) electrons. The second-order valence-corrected chi connectivity index (χ2v) is 5.56. The summed E-state index contributed by atoms with van der Waals surface area (Å²) in [7, 11) is 2.23. The molecule has 1 atom stereocenters. The molecule has 0 amide bonds. The third-order valence-corrected chi connectivity index (χ3v) is 4.20. The van der Waals surface area contributed by atoms with Gasteiger partial charge in [-0.05, 0) is 30.2 Å². The lowest BCUT2D eigenvalue weighted by Gasteiger charge is -2.33. The van der Waals surface area contributed by atoms with Crippen molar-refractivity contribution in [2.45, 2.75) is 19.0 Å². The fourth-order valence-electron chi connectivity index (χ4n) is 2.97. The highest BCUT2D eigenvalue weighted by Crippen LogP contribution is 2.26. The van der Waals surface area contributed by atoms with E-state index in [9.17, 15) is 0 Å². The quantitative estimate of drug-likeness (QED) is 0.915. The van der Waals surface area contributed by atoms with Crippen LogP contribution < -0.4 is 5.32 Å². The van der Waals surface area contributed by atoms with Gasteiger partial charge in [0.2, 0.25) is 0 Å². The normalized spacial score (nSPS) is 18.0. The van der Waals surface area contributed by atoms with Crippen LogP contribution in [0.5, 0.6) is 0 Å². The molecule has 2 aromatic carbocycles. The molecule has 0 fully saturated rings. The first-order valence-electron chi connectivity index (χ1n) is 7.37. The lowest BCUT2D eigenvalue weighted by atomic mass is 9.95. The van der Waals surface area contributed by atoms with Crippen LogP contribution in [-0.4, -0.2) is 25.0 Å². The Balaban J connectivity index is 1.67. The van der Waals surface area contributed by atoms with Gasteiger partial charge < -0.3 is 5.32 Å². The van der Waals surface area contributed by atoms with Gasteiger partial charge in [0, 0.05) is 25.7 Å². The molecule has 104 valence electrons. The van der Waals surface area contributed by atoms with Crippen LogP contribution in [0.25, 0.3) is 0 Å². The maximum atomic E-state index is 3.53. The topological polar surface area (TPSA) is 15.3 Å². The summed E-state index contributed by atoms with van der Waals surface area (Å²) in [5.41, 5.74) is 4.34. The number of hydrogen-bond donors (Lipinski definition) is 1. The van der Waals surface area contributed by atoms with Gasteiger partial charge in [0.05, 0.1) is 0 Å². The third kappa shape index (κ3) is 2.92. The van der Waals surface area contributed by atoms with Crippen molar-refractivity contribution in [1.29, 1.82) is 0 Å². The van der Waals surface area contributed by atoms with Crippen molar-refractivity contribution in [2.24, 2.45) is 0 Å². The number of hydrogen-bond acceptors (Lipinski definition) is 2.